The van der Waals surface area contributed by atoms with E-state index in [-0.39, 0.29) is 18.3 Å². The zero-order valence-electron chi connectivity index (χ0n) is 15.1. The monoisotopic (exact) mass is 374 g/mol. The Morgan fingerprint density at radius 2 is 2.11 bits per heavy atom. The summed E-state index contributed by atoms with van der Waals surface area (Å²) in [7, 11) is 0. The lowest BCUT2D eigenvalue weighted by Gasteiger charge is -2.27. The summed E-state index contributed by atoms with van der Waals surface area (Å²) >= 11 is 0. The van der Waals surface area contributed by atoms with E-state index in [1.165, 1.54) is 6.92 Å². The summed E-state index contributed by atoms with van der Waals surface area (Å²) in [5.74, 6) is 0.0513. The van der Waals surface area contributed by atoms with Crippen molar-refractivity contribution in [2.24, 2.45) is 10.7 Å². The molecule has 27 heavy (non-hydrogen) atoms. The van der Waals surface area contributed by atoms with Gasteiger partial charge in [0.1, 0.15) is 11.8 Å². The number of nitrogens with one attached hydrogen (secondary N) is 1. The van der Waals surface area contributed by atoms with Gasteiger partial charge in [0.05, 0.1) is 25.3 Å². The quantitative estimate of drug-likeness (QED) is 0.507. The van der Waals surface area contributed by atoms with Gasteiger partial charge in [0.2, 0.25) is 17.8 Å². The van der Waals surface area contributed by atoms with Gasteiger partial charge in [-0.15, -0.1) is 0 Å². The van der Waals surface area contributed by atoms with Crippen LogP contribution in [-0.2, 0) is 25.7 Å². The molecule has 3 N–H and O–H groups in total. The number of nitrogens with zero attached hydrogens (tertiary/aromatic N) is 2. The first kappa shape index (κ1) is 18.7. The maximum Gasteiger partial charge on any atom is 0.302 e. The molecule has 0 radical (unpaired) electrons. The van der Waals surface area contributed by atoms with Crippen molar-refractivity contribution in [3.63, 3.8) is 0 Å². The third kappa shape index (κ3) is 4.55. The molecule has 9 nitrogen and oxygen atoms in total. The van der Waals surface area contributed by atoms with Crippen LogP contribution in [0.5, 0.6) is 5.75 Å². The molecule has 2 aliphatic rings. The van der Waals surface area contributed by atoms with E-state index in [9.17, 15) is 14.4 Å². The van der Waals surface area contributed by atoms with Gasteiger partial charge in [-0.3, -0.25) is 19.7 Å². The van der Waals surface area contributed by atoms with Gasteiger partial charge >= 0.3 is 5.97 Å². The average Bonchev–Trinajstić information content (AvgIpc) is 2.90. The first-order chi connectivity index (χ1) is 12.9. The van der Waals surface area contributed by atoms with Crippen LogP contribution in [-0.4, -0.2) is 47.9 Å². The van der Waals surface area contributed by atoms with E-state index in [0.717, 1.165) is 24.1 Å². The molecule has 144 valence electrons. The van der Waals surface area contributed by atoms with Crippen molar-refractivity contribution in [3.05, 3.63) is 23.8 Å². The van der Waals surface area contributed by atoms with Crippen LogP contribution in [0.3, 0.4) is 0 Å². The maximum absolute atomic E-state index is 12.1. The normalized spacial score (nSPS) is 17.5. The predicted octanol–water partition coefficient (Wildman–Crippen LogP) is 0.586. The van der Waals surface area contributed by atoms with Gasteiger partial charge in [-0.05, 0) is 31.0 Å². The summed E-state index contributed by atoms with van der Waals surface area (Å²) in [6, 6.07) is 4.90. The number of rotatable bonds is 8. The summed E-state index contributed by atoms with van der Waals surface area (Å²) in [4.78, 5) is 40.2. The van der Waals surface area contributed by atoms with Crippen molar-refractivity contribution in [3.8, 4) is 5.75 Å². The number of primary amides is 1. The lowest BCUT2D eigenvalue weighted by molar-refractivity contribution is -0.141. The number of unbranched alkanes of at least 4 members (excludes halogenated alkanes) is 1. The fourth-order valence-corrected chi connectivity index (χ4v) is 3.02. The summed E-state index contributed by atoms with van der Waals surface area (Å²) in [6.07, 6.45) is 1.44. The van der Waals surface area contributed by atoms with Gasteiger partial charge in [0, 0.05) is 19.0 Å². The lowest BCUT2D eigenvalue weighted by Crippen LogP contribution is -2.39. The molecular weight excluding hydrogens is 352 g/mol. The molecule has 9 heteroatoms. The van der Waals surface area contributed by atoms with Crippen LogP contribution in [0.25, 0.3) is 0 Å². The zero-order valence-corrected chi connectivity index (χ0v) is 15.1. The summed E-state index contributed by atoms with van der Waals surface area (Å²) in [5.41, 5.74) is 6.91. The predicted molar refractivity (Wildman–Crippen MR) is 96.2 cm³/mol. The SMILES string of the molecule is CC(=O)OCCCCOc1ccc2c(c1)CN1C(=N2)NC(=O)C1CC(N)=O. The van der Waals surface area contributed by atoms with E-state index < -0.39 is 11.9 Å². The van der Waals surface area contributed by atoms with E-state index in [2.05, 4.69) is 10.3 Å². The van der Waals surface area contributed by atoms with Crippen LogP contribution in [0.2, 0.25) is 0 Å². The first-order valence-electron chi connectivity index (χ1n) is 8.77. The molecule has 1 aromatic rings. The van der Waals surface area contributed by atoms with Gasteiger partial charge < -0.3 is 20.1 Å². The van der Waals surface area contributed by atoms with Crippen molar-refractivity contribution >= 4 is 29.4 Å². The van der Waals surface area contributed by atoms with E-state index >= 15 is 0 Å². The van der Waals surface area contributed by atoms with E-state index in [4.69, 9.17) is 15.2 Å². The van der Waals surface area contributed by atoms with Crippen LogP contribution in [0.1, 0.15) is 31.7 Å². The van der Waals surface area contributed by atoms with Gasteiger partial charge in [0.25, 0.3) is 0 Å². The number of amides is 2. The number of fused-ring (bicyclic) bond motifs is 2. The van der Waals surface area contributed by atoms with E-state index in [1.54, 1.807) is 4.90 Å². The highest BCUT2D eigenvalue weighted by Crippen LogP contribution is 2.32. The Morgan fingerprint density at radius 3 is 2.85 bits per heavy atom. The molecule has 1 atom stereocenters. The van der Waals surface area contributed by atoms with Crippen LogP contribution < -0.4 is 15.8 Å². The average molecular weight is 374 g/mol. The molecule has 0 aromatic heterocycles. The number of guanidine groups is 1. The minimum atomic E-state index is -0.639. The lowest BCUT2D eigenvalue weighted by atomic mass is 10.1. The first-order valence-corrected chi connectivity index (χ1v) is 8.77. The molecule has 1 aromatic carbocycles. The highest BCUT2D eigenvalue weighted by atomic mass is 16.5. The number of carbonyl (C=O) groups is 3. The van der Waals surface area contributed by atoms with Crippen molar-refractivity contribution in [2.45, 2.75) is 38.8 Å². The van der Waals surface area contributed by atoms with E-state index in [1.807, 2.05) is 18.2 Å². The highest BCUT2D eigenvalue weighted by Gasteiger charge is 2.39. The number of hydrogen-bond acceptors (Lipinski definition) is 7. The number of hydrogen-bond donors (Lipinski definition) is 2. The Hall–Kier alpha value is -3.10. The van der Waals surface area contributed by atoms with Crippen molar-refractivity contribution in [2.75, 3.05) is 13.2 Å². The van der Waals surface area contributed by atoms with Crippen LogP contribution in [0.15, 0.2) is 23.2 Å². The molecule has 0 bridgehead atoms. The molecular formula is C18H22N4O5. The Labute approximate surface area is 156 Å². The second-order valence-corrected chi connectivity index (χ2v) is 6.42. The van der Waals surface area contributed by atoms with Gasteiger partial charge in [-0.2, -0.15) is 0 Å². The molecule has 2 heterocycles. The standard InChI is InChI=1S/C18H22N4O5/c1-11(23)26-6-2-3-7-27-13-4-5-14-12(8-13)10-22-15(9-16(19)24)17(25)21-18(22)20-14/h4-5,8,15H,2-3,6-7,9-10H2,1H3,(H2,19,24)(H,20,21,25). The number of benzene rings is 1. The van der Waals surface area contributed by atoms with Crippen LogP contribution >= 0.6 is 0 Å². The minimum absolute atomic E-state index is 0.0568. The maximum atomic E-state index is 12.1. The van der Waals surface area contributed by atoms with Gasteiger partial charge in [-0.1, -0.05) is 0 Å². The van der Waals surface area contributed by atoms with Crippen molar-refractivity contribution in [1.29, 1.82) is 0 Å². The summed E-state index contributed by atoms with van der Waals surface area (Å²) in [6.45, 7) is 2.71. The Kier molecular flexibility index (Phi) is 5.58. The second kappa shape index (κ2) is 8.07. The molecule has 2 aliphatic heterocycles. The third-order valence-corrected chi connectivity index (χ3v) is 4.31. The zero-order chi connectivity index (χ0) is 19.4. The number of esters is 1. The molecule has 1 saturated heterocycles. The molecule has 0 saturated carbocycles. The van der Waals surface area contributed by atoms with E-state index in [0.29, 0.717) is 31.5 Å². The summed E-state index contributed by atoms with van der Waals surface area (Å²) < 4.78 is 10.6. The highest BCUT2D eigenvalue weighted by molar-refractivity contribution is 6.09. The second-order valence-electron chi connectivity index (χ2n) is 6.42. The van der Waals surface area contributed by atoms with Crippen molar-refractivity contribution < 1.29 is 23.9 Å². The number of ether oxygens (including phenoxy) is 2. The van der Waals surface area contributed by atoms with Crippen LogP contribution in [0.4, 0.5) is 5.69 Å². The summed E-state index contributed by atoms with van der Waals surface area (Å²) in [5, 5.41) is 2.69. The molecule has 1 fully saturated rings. The van der Waals surface area contributed by atoms with Crippen LogP contribution in [0, 0.1) is 0 Å². The molecule has 1 unspecified atom stereocenters. The van der Waals surface area contributed by atoms with Gasteiger partial charge in [-0.25, -0.2) is 4.99 Å². The number of nitrogens with two attached hydrogens (primary N) is 1. The molecule has 3 rings (SSSR count). The molecule has 0 aliphatic carbocycles. The largest absolute Gasteiger partial charge is 0.494 e. The Balaban J connectivity index is 1.59. The van der Waals surface area contributed by atoms with Gasteiger partial charge in [0.15, 0.2) is 0 Å². The fraction of sp³-hybridized carbons (Fsp3) is 0.444. The number of carbonyl (C=O) groups excluding carboxylic acids is 3. The topological polar surface area (TPSA) is 123 Å². The third-order valence-electron chi connectivity index (χ3n) is 4.31. The Bertz CT molecular complexity index is 792. The molecule has 2 amide bonds. The smallest absolute Gasteiger partial charge is 0.302 e. The number of aliphatic imine (C=N–C) groups is 1. The minimum Gasteiger partial charge on any atom is -0.494 e. The van der Waals surface area contributed by atoms with Crippen molar-refractivity contribution in [1.82, 2.24) is 10.2 Å². The Morgan fingerprint density at radius 1 is 1.33 bits per heavy atom. The molecule has 0 spiro atoms. The fourth-order valence-electron chi connectivity index (χ4n) is 3.02.